The van der Waals surface area contributed by atoms with Gasteiger partial charge in [-0.25, -0.2) is 14.6 Å². The lowest BCUT2D eigenvalue weighted by atomic mass is 10.2. The van der Waals surface area contributed by atoms with Gasteiger partial charge < -0.3 is 4.74 Å². The molecule has 0 saturated carbocycles. The van der Waals surface area contributed by atoms with E-state index >= 15 is 0 Å². The fraction of sp³-hybridized carbons (Fsp3) is 0.0909. The quantitative estimate of drug-likeness (QED) is 0.531. The number of rotatable bonds is 5. The number of aromatic nitrogens is 3. The largest absolute Gasteiger partial charge is 0.457 e. The molecule has 0 unspecified atom stereocenters. The van der Waals surface area contributed by atoms with Gasteiger partial charge in [-0.3, -0.25) is 14.3 Å². The van der Waals surface area contributed by atoms with E-state index in [1.54, 1.807) is 0 Å². The third kappa shape index (κ3) is 3.98. The van der Waals surface area contributed by atoms with Gasteiger partial charge >= 0.3 is 11.7 Å². The topological polar surface area (TPSA) is 94.0 Å². The summed E-state index contributed by atoms with van der Waals surface area (Å²) in [6.07, 6.45) is 1.28. The van der Waals surface area contributed by atoms with Gasteiger partial charge in [0.15, 0.2) is 0 Å². The van der Waals surface area contributed by atoms with Crippen LogP contribution in [-0.2, 0) is 17.9 Å². The summed E-state index contributed by atoms with van der Waals surface area (Å²) in [7, 11) is 0. The van der Waals surface area contributed by atoms with Crippen LogP contribution in [0.3, 0.4) is 0 Å². The van der Waals surface area contributed by atoms with Crippen molar-refractivity contribution in [2.45, 2.75) is 13.2 Å². The molecular formula is C22H17N3O4. The SMILES string of the molecule is O=C(OCc1ccccc1)c1cnc2[nH]c(=O)n(Cc3ccccc3)c(=O)c2c1. The number of fused-ring (bicyclic) bond motifs is 1. The first-order valence-electron chi connectivity index (χ1n) is 8.99. The molecule has 7 nitrogen and oxygen atoms in total. The number of hydrogen-bond donors (Lipinski definition) is 1. The number of aromatic amines is 1. The summed E-state index contributed by atoms with van der Waals surface area (Å²) in [5.74, 6) is -0.594. The molecule has 0 amide bonds. The van der Waals surface area contributed by atoms with Gasteiger partial charge in [0.2, 0.25) is 0 Å². The zero-order valence-electron chi connectivity index (χ0n) is 15.4. The molecule has 4 aromatic rings. The van der Waals surface area contributed by atoms with Crippen molar-refractivity contribution in [1.29, 1.82) is 0 Å². The Kier molecular flexibility index (Phi) is 5.03. The van der Waals surface area contributed by atoms with E-state index in [4.69, 9.17) is 4.74 Å². The fourth-order valence-electron chi connectivity index (χ4n) is 2.96. The minimum atomic E-state index is -0.594. The van der Waals surface area contributed by atoms with Crippen molar-refractivity contribution in [3.05, 3.63) is 110 Å². The summed E-state index contributed by atoms with van der Waals surface area (Å²) in [5.41, 5.74) is 0.860. The number of H-pyrrole nitrogens is 1. The Hall–Kier alpha value is -4.00. The minimum absolute atomic E-state index is 0.113. The van der Waals surface area contributed by atoms with Gasteiger partial charge in [-0.05, 0) is 17.2 Å². The maximum atomic E-state index is 12.9. The first kappa shape index (κ1) is 18.4. The third-order valence-electron chi connectivity index (χ3n) is 4.47. The molecule has 7 heteroatoms. The second-order valence-electron chi connectivity index (χ2n) is 6.49. The smallest absolute Gasteiger partial charge is 0.340 e. The number of nitrogens with zero attached hydrogens (tertiary/aromatic N) is 2. The van der Waals surface area contributed by atoms with Crippen LogP contribution in [0.4, 0.5) is 0 Å². The van der Waals surface area contributed by atoms with Crippen LogP contribution in [0.2, 0.25) is 0 Å². The van der Waals surface area contributed by atoms with E-state index in [-0.39, 0.29) is 29.7 Å². The van der Waals surface area contributed by atoms with E-state index < -0.39 is 17.2 Å². The number of ether oxygens (including phenoxy) is 1. The maximum absolute atomic E-state index is 12.9. The van der Waals surface area contributed by atoms with Gasteiger partial charge in [0.1, 0.15) is 12.3 Å². The summed E-state index contributed by atoms with van der Waals surface area (Å²) in [5, 5.41) is 0.148. The first-order valence-corrected chi connectivity index (χ1v) is 8.99. The molecule has 0 aliphatic rings. The van der Waals surface area contributed by atoms with Crippen LogP contribution in [0, 0.1) is 0 Å². The highest BCUT2D eigenvalue weighted by Crippen LogP contribution is 2.10. The summed E-state index contributed by atoms with van der Waals surface area (Å²) < 4.78 is 6.37. The van der Waals surface area contributed by atoms with Crippen LogP contribution in [-0.4, -0.2) is 20.5 Å². The van der Waals surface area contributed by atoms with Crippen molar-refractivity contribution in [1.82, 2.24) is 14.5 Å². The van der Waals surface area contributed by atoms with Gasteiger partial charge in [-0.2, -0.15) is 0 Å². The number of pyridine rings is 1. The molecule has 4 rings (SSSR count). The molecule has 2 aromatic heterocycles. The summed E-state index contributed by atoms with van der Waals surface area (Å²) >= 11 is 0. The average Bonchev–Trinajstić information content (AvgIpc) is 2.76. The van der Waals surface area contributed by atoms with Crippen molar-refractivity contribution < 1.29 is 9.53 Å². The van der Waals surface area contributed by atoms with E-state index in [0.717, 1.165) is 15.7 Å². The van der Waals surface area contributed by atoms with Crippen LogP contribution in [0.5, 0.6) is 0 Å². The van der Waals surface area contributed by atoms with Crippen LogP contribution >= 0.6 is 0 Å². The van der Waals surface area contributed by atoms with Crippen LogP contribution < -0.4 is 11.2 Å². The standard InChI is InChI=1S/C22H17N3O4/c26-20-18-11-17(21(27)29-14-16-9-5-2-6-10-16)12-23-19(18)24-22(28)25(20)13-15-7-3-1-4-8-15/h1-12H,13-14H2,(H,23,24,28). The zero-order chi connectivity index (χ0) is 20.2. The van der Waals surface area contributed by atoms with Crippen molar-refractivity contribution in [3.63, 3.8) is 0 Å². The average molecular weight is 387 g/mol. The zero-order valence-corrected chi connectivity index (χ0v) is 15.4. The summed E-state index contributed by atoms with van der Waals surface area (Å²) in [6.45, 7) is 0.231. The number of esters is 1. The van der Waals surface area contributed by atoms with Crippen molar-refractivity contribution >= 4 is 17.0 Å². The van der Waals surface area contributed by atoms with Crippen molar-refractivity contribution in [2.75, 3.05) is 0 Å². The lowest BCUT2D eigenvalue weighted by molar-refractivity contribution is 0.0472. The molecule has 0 fully saturated rings. The highest BCUT2D eigenvalue weighted by molar-refractivity contribution is 5.92. The number of carbonyl (C=O) groups is 1. The molecule has 29 heavy (non-hydrogen) atoms. The molecule has 2 aromatic carbocycles. The summed E-state index contributed by atoms with van der Waals surface area (Å²) in [4.78, 5) is 44.2. The van der Waals surface area contributed by atoms with Gasteiger partial charge in [0.05, 0.1) is 17.5 Å². The van der Waals surface area contributed by atoms with E-state index in [1.165, 1.54) is 12.3 Å². The Balaban J connectivity index is 1.65. The molecule has 2 heterocycles. The summed E-state index contributed by atoms with van der Waals surface area (Å²) in [6, 6.07) is 19.8. The molecule has 0 radical (unpaired) electrons. The van der Waals surface area contributed by atoms with Gasteiger partial charge in [-0.15, -0.1) is 0 Å². The Labute approximate surface area is 165 Å². The van der Waals surface area contributed by atoms with E-state index in [9.17, 15) is 14.4 Å². The van der Waals surface area contributed by atoms with Crippen LogP contribution in [0.15, 0.2) is 82.5 Å². The van der Waals surface area contributed by atoms with Gasteiger partial charge in [0, 0.05) is 6.20 Å². The highest BCUT2D eigenvalue weighted by atomic mass is 16.5. The Morgan fingerprint density at radius 1 is 0.966 bits per heavy atom. The van der Waals surface area contributed by atoms with E-state index in [1.807, 2.05) is 60.7 Å². The predicted molar refractivity (Wildman–Crippen MR) is 108 cm³/mol. The van der Waals surface area contributed by atoms with Crippen molar-refractivity contribution in [3.8, 4) is 0 Å². The Morgan fingerprint density at radius 3 is 2.31 bits per heavy atom. The molecule has 0 aliphatic carbocycles. The molecule has 0 spiro atoms. The Bertz CT molecular complexity index is 1280. The van der Waals surface area contributed by atoms with Crippen LogP contribution in [0.25, 0.3) is 11.0 Å². The monoisotopic (exact) mass is 387 g/mol. The number of carbonyl (C=O) groups excluding carboxylic acids is 1. The maximum Gasteiger partial charge on any atom is 0.340 e. The third-order valence-corrected chi connectivity index (χ3v) is 4.47. The first-order chi connectivity index (χ1) is 14.1. The Morgan fingerprint density at radius 2 is 1.62 bits per heavy atom. The number of hydrogen-bond acceptors (Lipinski definition) is 5. The number of nitrogens with one attached hydrogen (secondary N) is 1. The fourth-order valence-corrected chi connectivity index (χ4v) is 2.96. The molecule has 0 atom stereocenters. The van der Waals surface area contributed by atoms with Gasteiger partial charge in [-0.1, -0.05) is 60.7 Å². The normalized spacial score (nSPS) is 10.8. The number of benzene rings is 2. The van der Waals surface area contributed by atoms with E-state index in [2.05, 4.69) is 9.97 Å². The lowest BCUT2D eigenvalue weighted by Gasteiger charge is -2.08. The molecular weight excluding hydrogens is 370 g/mol. The van der Waals surface area contributed by atoms with E-state index in [0.29, 0.717) is 0 Å². The molecule has 0 bridgehead atoms. The van der Waals surface area contributed by atoms with Crippen LogP contribution in [0.1, 0.15) is 21.5 Å². The second-order valence-corrected chi connectivity index (χ2v) is 6.49. The molecule has 144 valence electrons. The minimum Gasteiger partial charge on any atom is -0.457 e. The molecule has 1 N–H and O–H groups in total. The highest BCUT2D eigenvalue weighted by Gasteiger charge is 2.14. The molecule has 0 aliphatic heterocycles. The van der Waals surface area contributed by atoms with Gasteiger partial charge in [0.25, 0.3) is 5.56 Å². The lowest BCUT2D eigenvalue weighted by Crippen LogP contribution is -2.35. The van der Waals surface area contributed by atoms with Crippen molar-refractivity contribution in [2.24, 2.45) is 0 Å². The predicted octanol–water partition coefficient (Wildman–Crippen LogP) is 2.49. The second kappa shape index (κ2) is 7.93. The molecule has 0 saturated heterocycles.